The van der Waals surface area contributed by atoms with E-state index in [9.17, 15) is 9.18 Å². The van der Waals surface area contributed by atoms with Crippen LogP contribution in [0.25, 0.3) is 0 Å². The van der Waals surface area contributed by atoms with Crippen molar-refractivity contribution in [2.24, 2.45) is 5.92 Å². The minimum absolute atomic E-state index is 0.144. The van der Waals surface area contributed by atoms with Crippen molar-refractivity contribution in [3.63, 3.8) is 0 Å². The smallest absolute Gasteiger partial charge is 0.410 e. The van der Waals surface area contributed by atoms with Gasteiger partial charge in [0.05, 0.1) is 9.26 Å². The van der Waals surface area contributed by atoms with Gasteiger partial charge in [-0.3, -0.25) is 0 Å². The summed E-state index contributed by atoms with van der Waals surface area (Å²) in [4.78, 5) is 14.1. The molecule has 24 heavy (non-hydrogen) atoms. The second-order valence-electron chi connectivity index (χ2n) is 7.36. The third-order valence-corrected chi connectivity index (χ3v) is 5.25. The van der Waals surface area contributed by atoms with Gasteiger partial charge in [-0.05, 0) is 81.2 Å². The fraction of sp³-hybridized carbons (Fsp3) is 0.611. The van der Waals surface area contributed by atoms with Crippen molar-refractivity contribution in [1.82, 2.24) is 4.90 Å². The zero-order chi connectivity index (χ0) is 17.9. The summed E-state index contributed by atoms with van der Waals surface area (Å²) < 4.78 is 19.8. The fourth-order valence-electron chi connectivity index (χ4n) is 2.89. The van der Waals surface area contributed by atoms with E-state index in [0.29, 0.717) is 16.0 Å². The highest BCUT2D eigenvalue weighted by Gasteiger charge is 2.30. The lowest BCUT2D eigenvalue weighted by molar-refractivity contribution is 0.0159. The molecule has 2 unspecified atom stereocenters. The van der Waals surface area contributed by atoms with E-state index in [2.05, 4.69) is 12.2 Å². The molecule has 1 heterocycles. The van der Waals surface area contributed by atoms with E-state index in [1.165, 1.54) is 6.07 Å². The Hall–Kier alpha value is -1.05. The molecule has 0 bridgehead atoms. The average molecular weight is 448 g/mol. The first kappa shape index (κ1) is 19.3. The number of hydrogen-bond acceptors (Lipinski definition) is 3. The van der Waals surface area contributed by atoms with Crippen molar-refractivity contribution in [1.29, 1.82) is 0 Å². The average Bonchev–Trinajstić information content (AvgIpc) is 2.50. The van der Waals surface area contributed by atoms with Crippen LogP contribution in [0.2, 0.25) is 0 Å². The number of hydrogen-bond donors (Lipinski definition) is 1. The number of carbonyl (C=O) groups excluding carboxylic acids is 1. The maximum atomic E-state index is 13.7. The lowest BCUT2D eigenvalue weighted by Crippen LogP contribution is -2.46. The van der Waals surface area contributed by atoms with Crippen LogP contribution in [-0.4, -0.2) is 35.7 Å². The second kappa shape index (κ2) is 7.89. The molecular weight excluding hydrogens is 422 g/mol. The standard InChI is InChI=1S/C18H26FIN2O2/c1-12(21-15-9-5-8-14(19)16(15)20)13-7-6-10-22(11-13)17(23)24-18(2,3)4/h5,8-9,12-13,21H,6-7,10-11H2,1-4H3. The summed E-state index contributed by atoms with van der Waals surface area (Å²) in [5, 5.41) is 3.40. The molecule has 2 atom stereocenters. The molecule has 2 rings (SSSR count). The van der Waals surface area contributed by atoms with Crippen LogP contribution in [-0.2, 0) is 4.74 Å². The third kappa shape index (κ3) is 5.22. The molecular formula is C18H26FIN2O2. The van der Waals surface area contributed by atoms with Crippen LogP contribution in [0.1, 0.15) is 40.5 Å². The SMILES string of the molecule is CC(Nc1cccc(F)c1I)C1CCCN(C(=O)OC(C)(C)C)C1. The number of piperidine rings is 1. The van der Waals surface area contributed by atoms with Gasteiger partial charge >= 0.3 is 6.09 Å². The van der Waals surface area contributed by atoms with E-state index < -0.39 is 5.60 Å². The summed E-state index contributed by atoms with van der Waals surface area (Å²) in [7, 11) is 0. The third-order valence-electron chi connectivity index (χ3n) is 4.15. The quantitative estimate of drug-likeness (QED) is 0.671. The van der Waals surface area contributed by atoms with Gasteiger partial charge in [-0.15, -0.1) is 0 Å². The van der Waals surface area contributed by atoms with Gasteiger partial charge in [0, 0.05) is 19.1 Å². The maximum absolute atomic E-state index is 13.7. The van der Waals surface area contributed by atoms with Crippen LogP contribution in [0.4, 0.5) is 14.9 Å². The highest BCUT2D eigenvalue weighted by atomic mass is 127. The lowest BCUT2D eigenvalue weighted by Gasteiger charge is -2.37. The number of likely N-dealkylation sites (tertiary alicyclic amines) is 1. The van der Waals surface area contributed by atoms with Gasteiger partial charge in [-0.2, -0.15) is 0 Å². The zero-order valence-electron chi connectivity index (χ0n) is 14.7. The van der Waals surface area contributed by atoms with E-state index in [-0.39, 0.29) is 18.0 Å². The van der Waals surface area contributed by atoms with E-state index in [1.54, 1.807) is 11.0 Å². The molecule has 1 fully saturated rings. The molecule has 1 saturated heterocycles. The van der Waals surface area contributed by atoms with Crippen LogP contribution in [0.15, 0.2) is 18.2 Å². The number of ether oxygens (including phenoxy) is 1. The van der Waals surface area contributed by atoms with Gasteiger partial charge in [0.2, 0.25) is 0 Å². The molecule has 4 nitrogen and oxygen atoms in total. The predicted molar refractivity (Wildman–Crippen MR) is 103 cm³/mol. The first-order valence-corrected chi connectivity index (χ1v) is 9.44. The summed E-state index contributed by atoms with van der Waals surface area (Å²) in [6.45, 7) is 9.11. The fourth-order valence-corrected chi connectivity index (χ4v) is 3.40. The van der Waals surface area contributed by atoms with Crippen molar-refractivity contribution in [2.75, 3.05) is 18.4 Å². The predicted octanol–water partition coefficient (Wildman–Crippen LogP) is 4.88. The number of rotatable bonds is 3. The minimum atomic E-state index is -0.481. The largest absolute Gasteiger partial charge is 0.444 e. The normalized spacial score (nSPS) is 19.8. The number of carbonyl (C=O) groups is 1. The molecule has 1 amide bonds. The van der Waals surface area contributed by atoms with E-state index >= 15 is 0 Å². The summed E-state index contributed by atoms with van der Waals surface area (Å²) >= 11 is 2.02. The summed E-state index contributed by atoms with van der Waals surface area (Å²) in [5.74, 6) is 0.0946. The molecule has 1 aromatic carbocycles. The maximum Gasteiger partial charge on any atom is 0.410 e. The molecule has 0 aliphatic carbocycles. The first-order valence-electron chi connectivity index (χ1n) is 8.36. The van der Waals surface area contributed by atoms with Gasteiger partial charge in [-0.25, -0.2) is 9.18 Å². The van der Waals surface area contributed by atoms with Crippen molar-refractivity contribution in [3.8, 4) is 0 Å². The number of halogens is 2. The Morgan fingerprint density at radius 2 is 2.17 bits per heavy atom. The van der Waals surface area contributed by atoms with Crippen molar-refractivity contribution in [3.05, 3.63) is 27.6 Å². The lowest BCUT2D eigenvalue weighted by atomic mass is 9.91. The van der Waals surface area contributed by atoms with Crippen LogP contribution in [0.3, 0.4) is 0 Å². The first-order chi connectivity index (χ1) is 11.2. The molecule has 1 aromatic rings. The molecule has 0 spiro atoms. The van der Waals surface area contributed by atoms with Gasteiger partial charge in [0.1, 0.15) is 11.4 Å². The Balaban J connectivity index is 1.98. The van der Waals surface area contributed by atoms with Crippen LogP contribution in [0.5, 0.6) is 0 Å². The number of anilines is 1. The minimum Gasteiger partial charge on any atom is -0.444 e. The summed E-state index contributed by atoms with van der Waals surface area (Å²) in [6.07, 6.45) is 1.75. The summed E-state index contributed by atoms with van der Waals surface area (Å²) in [6, 6.07) is 5.20. The van der Waals surface area contributed by atoms with E-state index in [0.717, 1.165) is 25.1 Å². The van der Waals surface area contributed by atoms with Gasteiger partial charge in [0.25, 0.3) is 0 Å². The molecule has 1 N–H and O–H groups in total. The van der Waals surface area contributed by atoms with Crippen molar-refractivity contribution >= 4 is 34.4 Å². The molecule has 0 aromatic heterocycles. The van der Waals surface area contributed by atoms with Crippen molar-refractivity contribution in [2.45, 2.75) is 52.2 Å². The Morgan fingerprint density at radius 1 is 1.46 bits per heavy atom. The number of benzene rings is 1. The number of amides is 1. The second-order valence-corrected chi connectivity index (χ2v) is 8.44. The highest BCUT2D eigenvalue weighted by Crippen LogP contribution is 2.27. The van der Waals surface area contributed by atoms with Crippen LogP contribution < -0.4 is 5.32 Å². The van der Waals surface area contributed by atoms with Gasteiger partial charge in [-0.1, -0.05) is 6.07 Å². The molecule has 1 aliphatic heterocycles. The topological polar surface area (TPSA) is 41.6 Å². The van der Waals surface area contributed by atoms with Crippen molar-refractivity contribution < 1.29 is 13.9 Å². The number of nitrogens with one attached hydrogen (secondary N) is 1. The zero-order valence-corrected chi connectivity index (χ0v) is 16.9. The molecule has 0 radical (unpaired) electrons. The molecule has 6 heteroatoms. The van der Waals surface area contributed by atoms with Crippen LogP contribution >= 0.6 is 22.6 Å². The Labute approximate surface area is 157 Å². The number of nitrogens with zero attached hydrogens (tertiary/aromatic N) is 1. The van der Waals surface area contributed by atoms with Gasteiger partial charge < -0.3 is 15.0 Å². The van der Waals surface area contributed by atoms with Crippen LogP contribution in [0, 0.1) is 15.3 Å². The Bertz CT molecular complexity index is 589. The molecule has 0 saturated carbocycles. The van der Waals surface area contributed by atoms with E-state index in [1.807, 2.05) is 49.4 Å². The van der Waals surface area contributed by atoms with Gasteiger partial charge in [0.15, 0.2) is 0 Å². The monoisotopic (exact) mass is 448 g/mol. The Morgan fingerprint density at radius 3 is 2.83 bits per heavy atom. The highest BCUT2D eigenvalue weighted by molar-refractivity contribution is 14.1. The molecule has 134 valence electrons. The van der Waals surface area contributed by atoms with E-state index in [4.69, 9.17) is 4.74 Å². The Kier molecular flexibility index (Phi) is 6.33. The molecule has 1 aliphatic rings. The summed E-state index contributed by atoms with van der Waals surface area (Å²) in [5.41, 5.74) is 0.323.